The van der Waals surface area contributed by atoms with Crippen LogP contribution < -0.4 is 11.0 Å². The zero-order valence-electron chi connectivity index (χ0n) is 17.3. The molecule has 1 fully saturated rings. The molecule has 2 aromatic heterocycles. The molecular formula is C20H22FN5O4S2. The number of amides is 1. The number of aromatic nitrogens is 3. The largest absolute Gasteiger partial charge is 0.351 e. The first kappa shape index (κ1) is 22.4. The van der Waals surface area contributed by atoms with Gasteiger partial charge in [0.05, 0.1) is 6.26 Å². The number of hydrogen-bond donors (Lipinski definition) is 1. The van der Waals surface area contributed by atoms with Gasteiger partial charge >= 0.3 is 5.69 Å². The Hall–Kier alpha value is -2.83. The van der Waals surface area contributed by atoms with E-state index in [0.717, 1.165) is 4.68 Å². The highest BCUT2D eigenvalue weighted by Gasteiger charge is 2.30. The zero-order valence-corrected chi connectivity index (χ0v) is 18.9. The second-order valence-electron chi connectivity index (χ2n) is 7.58. The van der Waals surface area contributed by atoms with Gasteiger partial charge in [0, 0.05) is 24.7 Å². The molecule has 1 aromatic carbocycles. The molecule has 0 aliphatic carbocycles. The average Bonchev–Trinajstić information content (AvgIpc) is 3.38. The number of carbonyl (C=O) groups is 1. The van der Waals surface area contributed by atoms with Crippen LogP contribution >= 0.6 is 11.3 Å². The Balaban J connectivity index is 1.59. The molecule has 32 heavy (non-hydrogen) atoms. The summed E-state index contributed by atoms with van der Waals surface area (Å²) in [5.41, 5.74) is -0.0299. The Kier molecular flexibility index (Phi) is 6.26. The molecular weight excluding hydrogens is 457 g/mol. The fraction of sp³-hybridized carbons (Fsp3) is 0.350. The van der Waals surface area contributed by atoms with Gasteiger partial charge in [-0.05, 0) is 54.6 Å². The van der Waals surface area contributed by atoms with E-state index in [1.54, 1.807) is 6.07 Å². The van der Waals surface area contributed by atoms with Crippen LogP contribution in [-0.2, 0) is 21.4 Å². The predicted octanol–water partition coefficient (Wildman–Crippen LogP) is 2.01. The number of nitrogens with zero attached hydrogens (tertiary/aromatic N) is 4. The molecule has 1 aliphatic heterocycles. The third-order valence-electron chi connectivity index (χ3n) is 5.30. The number of nitrogens with one attached hydrogen (secondary N) is 1. The van der Waals surface area contributed by atoms with Crippen molar-refractivity contribution < 1.29 is 17.6 Å². The molecule has 9 nitrogen and oxygen atoms in total. The lowest BCUT2D eigenvalue weighted by atomic mass is 9.97. The Morgan fingerprint density at radius 3 is 2.50 bits per heavy atom. The van der Waals surface area contributed by atoms with Crippen molar-refractivity contribution in [3.05, 3.63) is 63.9 Å². The minimum atomic E-state index is -3.27. The molecule has 0 unspecified atom stereocenters. The second kappa shape index (κ2) is 8.96. The van der Waals surface area contributed by atoms with Gasteiger partial charge in [-0.1, -0.05) is 0 Å². The monoisotopic (exact) mass is 479 g/mol. The van der Waals surface area contributed by atoms with Crippen LogP contribution in [0.15, 0.2) is 46.6 Å². The molecule has 1 saturated heterocycles. The molecule has 3 aromatic rings. The van der Waals surface area contributed by atoms with Crippen molar-refractivity contribution >= 4 is 33.0 Å². The van der Waals surface area contributed by atoms with Crippen LogP contribution in [0.4, 0.5) is 10.1 Å². The molecule has 170 valence electrons. The molecule has 1 aliphatic rings. The van der Waals surface area contributed by atoms with E-state index in [-0.39, 0.29) is 12.5 Å². The van der Waals surface area contributed by atoms with Crippen molar-refractivity contribution in [2.75, 3.05) is 24.7 Å². The van der Waals surface area contributed by atoms with Gasteiger partial charge in [0.1, 0.15) is 23.2 Å². The van der Waals surface area contributed by atoms with Gasteiger partial charge in [0.25, 0.3) is 0 Å². The Morgan fingerprint density at radius 2 is 1.91 bits per heavy atom. The number of piperidine rings is 1. The van der Waals surface area contributed by atoms with Gasteiger partial charge in [-0.25, -0.2) is 31.2 Å². The van der Waals surface area contributed by atoms with Crippen molar-refractivity contribution in [1.29, 1.82) is 0 Å². The third kappa shape index (κ3) is 4.81. The van der Waals surface area contributed by atoms with Crippen LogP contribution in [0.1, 0.15) is 24.6 Å². The lowest BCUT2D eigenvalue weighted by molar-refractivity contribution is -0.117. The number of thiophene rings is 1. The van der Waals surface area contributed by atoms with Crippen molar-refractivity contribution in [3.63, 3.8) is 0 Å². The van der Waals surface area contributed by atoms with Gasteiger partial charge in [0.15, 0.2) is 0 Å². The van der Waals surface area contributed by atoms with E-state index < -0.39 is 27.4 Å². The molecule has 4 rings (SSSR count). The van der Waals surface area contributed by atoms with Gasteiger partial charge in [0.2, 0.25) is 15.9 Å². The summed E-state index contributed by atoms with van der Waals surface area (Å²) < 4.78 is 40.7. The zero-order chi connectivity index (χ0) is 22.9. The van der Waals surface area contributed by atoms with Crippen molar-refractivity contribution in [2.24, 2.45) is 0 Å². The third-order valence-corrected chi connectivity index (χ3v) is 7.46. The maximum Gasteiger partial charge on any atom is 0.351 e. The summed E-state index contributed by atoms with van der Waals surface area (Å²) in [6.07, 6.45) is 2.23. The first-order valence-electron chi connectivity index (χ1n) is 9.96. The minimum Gasteiger partial charge on any atom is -0.324 e. The Labute approximate surface area is 188 Å². The SMILES string of the molecule is CS(=O)(=O)N1CCC(c2nn(CC(=O)Nc3ccc(F)cc3)c(=O)n2-c2cccs2)CC1. The maximum absolute atomic E-state index is 13.1. The standard InChI is InChI=1S/C20H22FN5O4S2/c1-32(29,30)24-10-8-14(9-11-24)19-23-25(20(28)26(19)18-3-2-12-31-18)13-17(27)22-16-6-4-15(21)5-7-16/h2-7,12,14H,8-11,13H2,1H3,(H,22,27). The van der Waals surface area contributed by atoms with Gasteiger partial charge in [-0.3, -0.25) is 4.79 Å². The number of hydrogen-bond acceptors (Lipinski definition) is 6. The lowest BCUT2D eigenvalue weighted by Gasteiger charge is -2.29. The normalized spacial score (nSPS) is 15.7. The second-order valence-corrected chi connectivity index (χ2v) is 10.5. The Morgan fingerprint density at radius 1 is 1.22 bits per heavy atom. The van der Waals surface area contributed by atoms with Crippen LogP contribution in [0.25, 0.3) is 5.00 Å². The average molecular weight is 480 g/mol. The molecule has 0 spiro atoms. The smallest absolute Gasteiger partial charge is 0.324 e. The number of halogens is 1. The molecule has 1 N–H and O–H groups in total. The summed E-state index contributed by atoms with van der Waals surface area (Å²) >= 11 is 1.38. The van der Waals surface area contributed by atoms with Crippen molar-refractivity contribution in [3.8, 4) is 5.00 Å². The van der Waals surface area contributed by atoms with Crippen LogP contribution in [-0.4, -0.2) is 52.3 Å². The number of benzene rings is 1. The maximum atomic E-state index is 13.1. The fourth-order valence-electron chi connectivity index (χ4n) is 3.71. The van der Waals surface area contributed by atoms with E-state index in [2.05, 4.69) is 10.4 Å². The highest BCUT2D eigenvalue weighted by molar-refractivity contribution is 7.88. The van der Waals surface area contributed by atoms with Gasteiger partial charge < -0.3 is 5.32 Å². The highest BCUT2D eigenvalue weighted by atomic mass is 32.2. The Bertz CT molecular complexity index is 1260. The van der Waals surface area contributed by atoms with E-state index in [9.17, 15) is 22.4 Å². The lowest BCUT2D eigenvalue weighted by Crippen LogP contribution is -2.37. The topological polar surface area (TPSA) is 106 Å². The number of carbonyl (C=O) groups excluding carboxylic acids is 1. The van der Waals surface area contributed by atoms with Gasteiger partial charge in [-0.2, -0.15) is 5.10 Å². The highest BCUT2D eigenvalue weighted by Crippen LogP contribution is 2.29. The first-order valence-corrected chi connectivity index (χ1v) is 12.7. The molecule has 0 saturated carbocycles. The summed E-state index contributed by atoms with van der Waals surface area (Å²) in [6, 6.07) is 8.94. The summed E-state index contributed by atoms with van der Waals surface area (Å²) in [6.45, 7) is 0.393. The fourth-order valence-corrected chi connectivity index (χ4v) is 5.32. The number of sulfonamides is 1. The minimum absolute atomic E-state index is 0.121. The van der Waals surface area contributed by atoms with Crippen LogP contribution in [0, 0.1) is 5.82 Å². The van der Waals surface area contributed by atoms with E-state index in [4.69, 9.17) is 0 Å². The van der Waals surface area contributed by atoms with Crippen LogP contribution in [0.3, 0.4) is 0 Å². The molecule has 0 atom stereocenters. The number of anilines is 1. The van der Waals surface area contributed by atoms with Gasteiger partial charge in [-0.15, -0.1) is 11.3 Å². The summed E-state index contributed by atoms with van der Waals surface area (Å²) in [4.78, 5) is 25.6. The van der Waals surface area contributed by atoms with E-state index in [1.165, 1.54) is 50.7 Å². The van der Waals surface area contributed by atoms with Crippen LogP contribution in [0.2, 0.25) is 0 Å². The summed E-state index contributed by atoms with van der Waals surface area (Å²) in [5.74, 6) is -0.488. The van der Waals surface area contributed by atoms with E-state index in [1.807, 2.05) is 11.4 Å². The van der Waals surface area contributed by atoms with Crippen LogP contribution in [0.5, 0.6) is 0 Å². The van der Waals surface area contributed by atoms with E-state index >= 15 is 0 Å². The molecule has 1 amide bonds. The number of rotatable bonds is 6. The molecule has 0 bridgehead atoms. The summed E-state index contributed by atoms with van der Waals surface area (Å²) in [5, 5.41) is 9.61. The summed E-state index contributed by atoms with van der Waals surface area (Å²) in [7, 11) is -3.27. The first-order chi connectivity index (χ1) is 15.2. The molecule has 12 heteroatoms. The van der Waals surface area contributed by atoms with E-state index in [0.29, 0.717) is 42.4 Å². The van der Waals surface area contributed by atoms with Crippen molar-refractivity contribution in [2.45, 2.75) is 25.3 Å². The molecule has 3 heterocycles. The predicted molar refractivity (Wildman–Crippen MR) is 119 cm³/mol. The molecule has 0 radical (unpaired) electrons. The van der Waals surface area contributed by atoms with Crippen molar-refractivity contribution in [1.82, 2.24) is 18.7 Å². The quantitative estimate of drug-likeness (QED) is 0.582.